The molecule has 44 heavy (non-hydrogen) atoms. The number of allylic oxidation sites excluding steroid dienone is 9. The largest absolute Gasteiger partial charge is 0.388 e. The zero-order valence-corrected chi connectivity index (χ0v) is 29.7. The molecule has 7 heteroatoms. The standard InChI is InChI=1S/C25H28N4OS.C6H10.C2H6O.2C2H6/c1-3-4-7-14-28-16-20-8-5-6-9-22(15-20)29(24(30)18-28)17-23-19(2)27-25(31-23)21-10-12-26-13-11-21;1-4-5-6(2)3;1-3-2;2*1-2/h3-6,8-13H,7,14-18H2,1-2H3;4-5H,1H2,2-3H3;1-2H3;2*1-2H3/b4-3-;;;;. The highest BCUT2D eigenvalue weighted by Crippen LogP contribution is 2.31. The number of aromatic nitrogens is 2. The number of rotatable bonds is 7. The molecule has 0 spiro atoms. The fourth-order valence-corrected chi connectivity index (χ4v) is 5.18. The van der Waals surface area contributed by atoms with Gasteiger partial charge in [0.1, 0.15) is 5.01 Å². The quantitative estimate of drug-likeness (QED) is 0.228. The monoisotopic (exact) mass is 620 g/mol. The predicted octanol–water partition coefficient (Wildman–Crippen LogP) is 9.35. The lowest BCUT2D eigenvalue weighted by molar-refractivity contribution is -0.131. The van der Waals surface area contributed by atoms with Crippen molar-refractivity contribution in [2.75, 3.05) is 33.9 Å². The van der Waals surface area contributed by atoms with Crippen LogP contribution >= 0.6 is 11.3 Å². The first-order valence-electron chi connectivity index (χ1n) is 15.5. The first-order valence-corrected chi connectivity index (χ1v) is 16.4. The lowest BCUT2D eigenvalue weighted by Crippen LogP contribution is -2.43. The van der Waals surface area contributed by atoms with E-state index in [2.05, 4.69) is 51.6 Å². The van der Waals surface area contributed by atoms with Crippen LogP contribution in [0.5, 0.6) is 0 Å². The Hall–Kier alpha value is -3.39. The number of pyridine rings is 1. The average molecular weight is 621 g/mol. The van der Waals surface area contributed by atoms with Crippen LogP contribution < -0.4 is 0 Å². The SMILES string of the molecule is C/C=C\CCN1CC(=O)N(Cc2sc(-c3ccncc3)nc2C)C2=CC=CC=C(C2)C1.C=CC=C(C)C.CC.CC.COC. The topological polar surface area (TPSA) is 58.6 Å². The van der Waals surface area contributed by atoms with Crippen molar-refractivity contribution < 1.29 is 9.53 Å². The molecule has 242 valence electrons. The van der Waals surface area contributed by atoms with E-state index in [-0.39, 0.29) is 5.91 Å². The molecule has 0 unspecified atom stereocenters. The summed E-state index contributed by atoms with van der Waals surface area (Å²) in [5.74, 6) is 0.152. The average Bonchev–Trinajstić information content (AvgIpc) is 3.22. The maximum atomic E-state index is 13.4. The Morgan fingerprint density at radius 2 is 1.70 bits per heavy atom. The highest BCUT2D eigenvalue weighted by molar-refractivity contribution is 7.15. The van der Waals surface area contributed by atoms with Crippen LogP contribution in [0.3, 0.4) is 0 Å². The van der Waals surface area contributed by atoms with Gasteiger partial charge in [-0.3, -0.25) is 14.7 Å². The fraction of sp³-hybridized carbons (Fsp3) is 0.432. The molecule has 0 radical (unpaired) electrons. The van der Waals surface area contributed by atoms with Gasteiger partial charge in [-0.1, -0.05) is 88.0 Å². The lowest BCUT2D eigenvalue weighted by Gasteiger charge is -2.33. The summed E-state index contributed by atoms with van der Waals surface area (Å²) < 4.78 is 4.25. The number of hydrogen-bond donors (Lipinski definition) is 0. The summed E-state index contributed by atoms with van der Waals surface area (Å²) in [6.45, 7) is 22.4. The van der Waals surface area contributed by atoms with E-state index in [0.717, 1.165) is 52.8 Å². The summed E-state index contributed by atoms with van der Waals surface area (Å²) in [6.07, 6.45) is 21.7. The van der Waals surface area contributed by atoms with E-state index in [1.165, 1.54) is 11.1 Å². The van der Waals surface area contributed by atoms with E-state index in [0.29, 0.717) is 13.1 Å². The molecule has 1 fully saturated rings. The van der Waals surface area contributed by atoms with Gasteiger partial charge in [-0.05, 0) is 52.3 Å². The zero-order valence-electron chi connectivity index (χ0n) is 28.9. The van der Waals surface area contributed by atoms with Crippen molar-refractivity contribution in [2.45, 2.75) is 74.8 Å². The van der Waals surface area contributed by atoms with Crippen LogP contribution in [-0.4, -0.2) is 59.5 Å². The number of carbonyl (C=O) groups excluding carboxylic acids is 1. The Kier molecular flexibility index (Phi) is 23.1. The van der Waals surface area contributed by atoms with Crippen molar-refractivity contribution in [1.82, 2.24) is 19.8 Å². The van der Waals surface area contributed by atoms with Crippen LogP contribution in [0.15, 0.2) is 96.6 Å². The Labute approximate surface area is 272 Å². The van der Waals surface area contributed by atoms with Gasteiger partial charge in [0.2, 0.25) is 5.91 Å². The first kappa shape index (κ1) is 40.6. The third-order valence-electron chi connectivity index (χ3n) is 5.99. The maximum Gasteiger partial charge on any atom is 0.241 e. The van der Waals surface area contributed by atoms with Gasteiger partial charge in [-0.2, -0.15) is 0 Å². The number of carbonyl (C=O) groups is 1. The molecule has 0 aromatic carbocycles. The molecule has 2 aromatic rings. The molecule has 4 rings (SSSR count). The number of amides is 1. The molecular weight excluding hydrogens is 565 g/mol. The van der Waals surface area contributed by atoms with Gasteiger partial charge in [0, 0.05) is 62.3 Å². The molecule has 1 aliphatic carbocycles. The number of thiazole rings is 1. The van der Waals surface area contributed by atoms with E-state index >= 15 is 0 Å². The highest BCUT2D eigenvalue weighted by Gasteiger charge is 2.27. The predicted molar refractivity (Wildman–Crippen MR) is 192 cm³/mol. The van der Waals surface area contributed by atoms with Crippen LogP contribution in [0.1, 0.15) is 71.9 Å². The summed E-state index contributed by atoms with van der Waals surface area (Å²) in [5, 5.41) is 0.970. The van der Waals surface area contributed by atoms with E-state index in [9.17, 15) is 4.79 Å². The van der Waals surface area contributed by atoms with Gasteiger partial charge < -0.3 is 9.64 Å². The minimum absolute atomic E-state index is 0.152. The van der Waals surface area contributed by atoms with Crippen LogP contribution in [-0.2, 0) is 16.1 Å². The molecule has 1 amide bonds. The number of methoxy groups -OCH3 is 1. The summed E-state index contributed by atoms with van der Waals surface area (Å²) in [5.41, 5.74) is 5.75. The molecule has 6 nitrogen and oxygen atoms in total. The molecule has 0 atom stereocenters. The van der Waals surface area contributed by atoms with Crippen LogP contribution in [0.4, 0.5) is 0 Å². The van der Waals surface area contributed by atoms with Crippen molar-refractivity contribution >= 4 is 17.2 Å². The van der Waals surface area contributed by atoms with Crippen molar-refractivity contribution in [1.29, 1.82) is 0 Å². The minimum Gasteiger partial charge on any atom is -0.388 e. The van der Waals surface area contributed by atoms with Crippen molar-refractivity contribution in [2.24, 2.45) is 0 Å². The first-order chi connectivity index (χ1) is 21.3. The van der Waals surface area contributed by atoms with Gasteiger partial charge in [-0.25, -0.2) is 4.98 Å². The van der Waals surface area contributed by atoms with E-state index < -0.39 is 0 Å². The lowest BCUT2D eigenvalue weighted by atomic mass is 10.1. The summed E-state index contributed by atoms with van der Waals surface area (Å²) in [7, 11) is 3.25. The van der Waals surface area contributed by atoms with Gasteiger partial charge in [-0.15, -0.1) is 11.3 Å². The smallest absolute Gasteiger partial charge is 0.241 e. The summed E-state index contributed by atoms with van der Waals surface area (Å²) in [6, 6.07) is 3.95. The van der Waals surface area contributed by atoms with E-state index in [1.807, 2.05) is 84.6 Å². The molecule has 1 saturated heterocycles. The van der Waals surface area contributed by atoms with Gasteiger partial charge in [0.05, 0.1) is 18.8 Å². The molecule has 3 heterocycles. The van der Waals surface area contributed by atoms with E-state index in [4.69, 9.17) is 4.98 Å². The maximum absolute atomic E-state index is 13.4. The molecule has 0 N–H and O–H groups in total. The number of ether oxygens (including phenoxy) is 1. The van der Waals surface area contributed by atoms with Crippen LogP contribution in [0.25, 0.3) is 10.6 Å². The highest BCUT2D eigenvalue weighted by atomic mass is 32.1. The van der Waals surface area contributed by atoms with Crippen LogP contribution in [0, 0.1) is 6.92 Å². The fourth-order valence-electron chi connectivity index (χ4n) is 4.13. The van der Waals surface area contributed by atoms with Gasteiger partial charge in [0.15, 0.2) is 0 Å². The molecule has 1 aliphatic heterocycles. The number of aryl methyl sites for hydroxylation is 1. The molecular formula is C37H56N4O2S. The Morgan fingerprint density at radius 3 is 2.27 bits per heavy atom. The minimum atomic E-state index is 0.152. The molecule has 2 aromatic heterocycles. The molecule has 2 bridgehead atoms. The Morgan fingerprint density at radius 1 is 1.07 bits per heavy atom. The number of nitrogens with zero attached hydrogens (tertiary/aromatic N) is 4. The van der Waals surface area contributed by atoms with Gasteiger partial charge >= 0.3 is 0 Å². The third kappa shape index (κ3) is 15.4. The normalized spacial score (nSPS) is 13.9. The van der Waals surface area contributed by atoms with E-state index in [1.54, 1.807) is 44.0 Å². The second kappa shape index (κ2) is 25.0. The van der Waals surface area contributed by atoms with Crippen molar-refractivity contribution in [3.63, 3.8) is 0 Å². The summed E-state index contributed by atoms with van der Waals surface area (Å²) in [4.78, 5) is 27.6. The second-order valence-corrected chi connectivity index (χ2v) is 10.8. The third-order valence-corrected chi connectivity index (χ3v) is 7.18. The zero-order chi connectivity index (χ0) is 33.3. The molecule has 2 aliphatic rings. The van der Waals surface area contributed by atoms with Crippen molar-refractivity contribution in [3.05, 3.63) is 107 Å². The van der Waals surface area contributed by atoms with Crippen LogP contribution in [0.2, 0.25) is 0 Å². The Balaban J connectivity index is 0.00000122. The number of fused-ring (bicyclic) bond motifs is 2. The number of hydrogen-bond acceptors (Lipinski definition) is 6. The summed E-state index contributed by atoms with van der Waals surface area (Å²) >= 11 is 1.66. The Bertz CT molecular complexity index is 1240. The molecule has 0 saturated carbocycles. The van der Waals surface area contributed by atoms with Gasteiger partial charge in [0.25, 0.3) is 0 Å². The second-order valence-electron chi connectivity index (χ2n) is 9.74. The van der Waals surface area contributed by atoms with Crippen molar-refractivity contribution in [3.8, 4) is 10.6 Å².